The Kier molecular flexibility index (Phi) is 4.24. The number of nitrogens with zero attached hydrogens (tertiary/aromatic N) is 1. The second-order valence-electron chi connectivity index (χ2n) is 3.28. The van der Waals surface area contributed by atoms with Crippen LogP contribution in [0.1, 0.15) is 11.6 Å². The van der Waals surface area contributed by atoms with E-state index in [-0.39, 0.29) is 17.0 Å². The Morgan fingerprint density at radius 3 is 2.53 bits per heavy atom. The fourth-order valence-corrected chi connectivity index (χ4v) is 1.55. The molecule has 0 spiro atoms. The molecule has 0 aliphatic carbocycles. The molecular formula is C10H14N2O5. The smallest absolute Gasteiger partial charge is 0.278 e. The van der Waals surface area contributed by atoms with E-state index in [4.69, 9.17) is 20.3 Å². The highest BCUT2D eigenvalue weighted by atomic mass is 16.6. The first-order valence-electron chi connectivity index (χ1n) is 4.82. The molecule has 1 atom stereocenters. The first kappa shape index (κ1) is 13.2. The van der Waals surface area contributed by atoms with Gasteiger partial charge in [-0.2, -0.15) is 0 Å². The van der Waals surface area contributed by atoms with E-state index >= 15 is 0 Å². The highest BCUT2D eigenvalue weighted by Crippen LogP contribution is 2.39. The molecule has 0 heterocycles. The zero-order valence-electron chi connectivity index (χ0n) is 9.54. The van der Waals surface area contributed by atoms with Crippen LogP contribution in [0.2, 0.25) is 0 Å². The molecule has 7 heteroatoms. The number of hydrogen-bond donors (Lipinski definition) is 2. The number of aliphatic hydroxyl groups excluding tert-OH is 1. The Balaban J connectivity index is 3.49. The maximum atomic E-state index is 10.9. The Hall–Kier alpha value is -1.86. The van der Waals surface area contributed by atoms with E-state index in [1.54, 1.807) is 0 Å². The van der Waals surface area contributed by atoms with Gasteiger partial charge in [0.2, 0.25) is 0 Å². The van der Waals surface area contributed by atoms with Crippen LogP contribution in [0.5, 0.6) is 11.5 Å². The summed E-state index contributed by atoms with van der Waals surface area (Å²) < 4.78 is 10.1. The van der Waals surface area contributed by atoms with Crippen LogP contribution in [-0.2, 0) is 0 Å². The molecule has 0 unspecified atom stereocenters. The van der Waals surface area contributed by atoms with Crippen LogP contribution in [0, 0.1) is 10.1 Å². The van der Waals surface area contributed by atoms with E-state index in [1.807, 2.05) is 0 Å². The van der Waals surface area contributed by atoms with Crippen LogP contribution in [0.4, 0.5) is 5.69 Å². The van der Waals surface area contributed by atoms with Crippen molar-refractivity contribution in [3.63, 3.8) is 0 Å². The topological polar surface area (TPSA) is 108 Å². The second-order valence-corrected chi connectivity index (χ2v) is 3.28. The standard InChI is InChI=1S/C10H14N2O5/c1-16-8-4-3-7(12(14)15)9(6(11)5-13)10(8)17-2/h3-4,6,13H,5,11H2,1-2H3/t6-/m0/s1. The molecule has 0 saturated heterocycles. The molecule has 94 valence electrons. The van der Waals surface area contributed by atoms with Crippen molar-refractivity contribution in [2.24, 2.45) is 5.73 Å². The van der Waals surface area contributed by atoms with Gasteiger partial charge < -0.3 is 20.3 Å². The molecule has 7 nitrogen and oxygen atoms in total. The molecule has 17 heavy (non-hydrogen) atoms. The summed E-state index contributed by atoms with van der Waals surface area (Å²) in [6.07, 6.45) is 0. The molecule has 0 aromatic heterocycles. The van der Waals surface area contributed by atoms with Crippen LogP contribution >= 0.6 is 0 Å². The van der Waals surface area contributed by atoms with Crippen molar-refractivity contribution in [1.82, 2.24) is 0 Å². The number of nitro benzene ring substituents is 1. The van der Waals surface area contributed by atoms with Crippen molar-refractivity contribution in [1.29, 1.82) is 0 Å². The molecule has 0 saturated carbocycles. The van der Waals surface area contributed by atoms with Crippen molar-refractivity contribution in [3.05, 3.63) is 27.8 Å². The molecular weight excluding hydrogens is 228 g/mol. The SMILES string of the molecule is COc1ccc([N+](=O)[O-])c([C@@H](N)CO)c1OC. The van der Waals surface area contributed by atoms with Gasteiger partial charge in [0.1, 0.15) is 0 Å². The molecule has 1 aromatic carbocycles. The number of benzene rings is 1. The number of nitro groups is 1. The first-order valence-corrected chi connectivity index (χ1v) is 4.82. The molecule has 0 aliphatic heterocycles. The summed E-state index contributed by atoms with van der Waals surface area (Å²) in [5.41, 5.74) is 5.56. The third-order valence-corrected chi connectivity index (χ3v) is 2.33. The van der Waals surface area contributed by atoms with E-state index < -0.39 is 17.6 Å². The summed E-state index contributed by atoms with van der Waals surface area (Å²) in [4.78, 5) is 10.3. The maximum absolute atomic E-state index is 10.9. The first-order chi connectivity index (χ1) is 8.06. The maximum Gasteiger partial charge on any atom is 0.278 e. The van der Waals surface area contributed by atoms with Gasteiger partial charge in [-0.05, 0) is 6.07 Å². The Morgan fingerprint density at radius 1 is 1.47 bits per heavy atom. The van der Waals surface area contributed by atoms with Gasteiger partial charge in [-0.3, -0.25) is 10.1 Å². The Bertz CT molecular complexity index is 421. The lowest BCUT2D eigenvalue weighted by Crippen LogP contribution is -2.17. The van der Waals surface area contributed by atoms with Gasteiger partial charge in [-0.1, -0.05) is 0 Å². The lowest BCUT2D eigenvalue weighted by molar-refractivity contribution is -0.385. The molecule has 1 rings (SSSR count). The van der Waals surface area contributed by atoms with Gasteiger partial charge in [-0.25, -0.2) is 0 Å². The van der Waals surface area contributed by atoms with Crippen molar-refractivity contribution in [2.75, 3.05) is 20.8 Å². The summed E-state index contributed by atoms with van der Waals surface area (Å²) in [6, 6.07) is 1.79. The Morgan fingerprint density at radius 2 is 2.12 bits per heavy atom. The average Bonchev–Trinajstić information content (AvgIpc) is 2.35. The number of hydrogen-bond acceptors (Lipinski definition) is 6. The molecule has 0 radical (unpaired) electrons. The number of rotatable bonds is 5. The van der Waals surface area contributed by atoms with Crippen molar-refractivity contribution < 1.29 is 19.5 Å². The van der Waals surface area contributed by atoms with E-state index in [9.17, 15) is 10.1 Å². The highest BCUT2D eigenvalue weighted by molar-refractivity contribution is 5.58. The van der Waals surface area contributed by atoms with E-state index in [2.05, 4.69) is 0 Å². The van der Waals surface area contributed by atoms with Crippen molar-refractivity contribution in [2.45, 2.75) is 6.04 Å². The van der Waals surface area contributed by atoms with E-state index in [1.165, 1.54) is 26.4 Å². The van der Waals surface area contributed by atoms with Gasteiger partial charge in [-0.15, -0.1) is 0 Å². The van der Waals surface area contributed by atoms with E-state index in [0.29, 0.717) is 5.75 Å². The van der Waals surface area contributed by atoms with E-state index in [0.717, 1.165) is 0 Å². The van der Waals surface area contributed by atoms with Crippen molar-refractivity contribution in [3.8, 4) is 11.5 Å². The minimum atomic E-state index is -0.902. The molecule has 0 fully saturated rings. The van der Waals surface area contributed by atoms with Gasteiger partial charge in [0.25, 0.3) is 5.69 Å². The normalized spacial score (nSPS) is 12.0. The van der Waals surface area contributed by atoms with Gasteiger partial charge in [0.05, 0.1) is 37.4 Å². The predicted octanol–water partition coefficient (Wildman–Crippen LogP) is 0.604. The molecule has 1 aromatic rings. The second kappa shape index (κ2) is 5.46. The molecule has 0 aliphatic rings. The number of nitrogens with two attached hydrogens (primary N) is 1. The molecule has 0 amide bonds. The van der Waals surface area contributed by atoms with Crippen LogP contribution in [0.15, 0.2) is 12.1 Å². The minimum absolute atomic E-state index is 0.124. The quantitative estimate of drug-likeness (QED) is 0.578. The zero-order chi connectivity index (χ0) is 13.0. The number of ether oxygens (including phenoxy) is 2. The predicted molar refractivity (Wildman–Crippen MR) is 60.2 cm³/mol. The monoisotopic (exact) mass is 242 g/mol. The van der Waals surface area contributed by atoms with Crippen LogP contribution in [0.25, 0.3) is 0 Å². The third kappa shape index (κ3) is 2.45. The fraction of sp³-hybridized carbons (Fsp3) is 0.400. The highest BCUT2D eigenvalue weighted by Gasteiger charge is 2.26. The summed E-state index contributed by atoms with van der Waals surface area (Å²) in [5.74, 6) is 0.500. The fourth-order valence-electron chi connectivity index (χ4n) is 1.55. The minimum Gasteiger partial charge on any atom is -0.493 e. The lowest BCUT2D eigenvalue weighted by atomic mass is 10.0. The summed E-state index contributed by atoms with van der Waals surface area (Å²) in [6.45, 7) is -0.426. The summed E-state index contributed by atoms with van der Waals surface area (Å²) in [5, 5.41) is 19.9. The van der Waals surface area contributed by atoms with Gasteiger partial charge in [0, 0.05) is 6.07 Å². The molecule has 0 bridgehead atoms. The summed E-state index contributed by atoms with van der Waals surface area (Å²) >= 11 is 0. The average molecular weight is 242 g/mol. The molecule has 3 N–H and O–H groups in total. The van der Waals surface area contributed by atoms with Crippen LogP contribution in [-0.4, -0.2) is 30.9 Å². The summed E-state index contributed by atoms with van der Waals surface area (Å²) in [7, 11) is 2.77. The van der Waals surface area contributed by atoms with Crippen molar-refractivity contribution >= 4 is 5.69 Å². The van der Waals surface area contributed by atoms with Crippen LogP contribution < -0.4 is 15.2 Å². The number of methoxy groups -OCH3 is 2. The third-order valence-electron chi connectivity index (χ3n) is 2.33. The van der Waals surface area contributed by atoms with Gasteiger partial charge >= 0.3 is 0 Å². The zero-order valence-corrected chi connectivity index (χ0v) is 9.54. The number of aliphatic hydroxyl groups is 1. The lowest BCUT2D eigenvalue weighted by Gasteiger charge is -2.16. The van der Waals surface area contributed by atoms with Crippen LogP contribution in [0.3, 0.4) is 0 Å². The largest absolute Gasteiger partial charge is 0.493 e. The Labute approximate surface area is 97.9 Å². The van der Waals surface area contributed by atoms with Gasteiger partial charge in [0.15, 0.2) is 11.5 Å².